The van der Waals surface area contributed by atoms with E-state index in [1.807, 2.05) is 20.8 Å². The number of fused-ring (bicyclic) bond motifs is 1. The Balaban J connectivity index is 1.51. The van der Waals surface area contributed by atoms with Crippen LogP contribution < -0.4 is 4.74 Å². The van der Waals surface area contributed by atoms with E-state index in [9.17, 15) is 19.3 Å². The van der Waals surface area contributed by atoms with Gasteiger partial charge in [0, 0.05) is 19.0 Å². The van der Waals surface area contributed by atoms with Crippen LogP contribution in [0, 0.1) is 33.7 Å². The van der Waals surface area contributed by atoms with Gasteiger partial charge in [0.1, 0.15) is 11.4 Å². The summed E-state index contributed by atoms with van der Waals surface area (Å²) in [7, 11) is 0. The van der Waals surface area contributed by atoms with Crippen LogP contribution in [0.15, 0.2) is 18.2 Å². The summed E-state index contributed by atoms with van der Waals surface area (Å²) in [4.78, 5) is 24.0. The lowest BCUT2D eigenvalue weighted by molar-refractivity contribution is -0.386. The Kier molecular flexibility index (Phi) is 4.30. The summed E-state index contributed by atoms with van der Waals surface area (Å²) in [6.45, 7) is 7.03. The molecule has 1 aromatic carbocycles. The van der Waals surface area contributed by atoms with Gasteiger partial charge in [0.25, 0.3) is 0 Å². The number of nitrogens with zero attached hydrogens (tertiary/aromatic N) is 2. The van der Waals surface area contributed by atoms with Crippen LogP contribution >= 0.6 is 0 Å². The van der Waals surface area contributed by atoms with Gasteiger partial charge in [0.05, 0.1) is 17.6 Å². The highest BCUT2D eigenvalue weighted by atomic mass is 19.1. The van der Waals surface area contributed by atoms with Gasteiger partial charge in [-0.05, 0) is 44.7 Å². The number of hydrogen-bond donors (Lipinski definition) is 0. The average molecular weight is 352 g/mol. The molecule has 8 heteroatoms. The van der Waals surface area contributed by atoms with Crippen molar-refractivity contribution in [1.29, 1.82) is 0 Å². The third-order valence-corrected chi connectivity index (χ3v) is 4.57. The SMILES string of the molecule is CC(C)(C)OC(=O)N1CC2C(COc3ccc(F)cc3[N+](=O)[O-])[C@H]2C1. The molecule has 0 aromatic heterocycles. The number of amides is 1. The number of halogens is 1. The maximum Gasteiger partial charge on any atom is 0.410 e. The van der Waals surface area contributed by atoms with Crippen molar-refractivity contribution in [1.82, 2.24) is 4.90 Å². The fraction of sp³-hybridized carbons (Fsp3) is 0.588. The van der Waals surface area contributed by atoms with Crippen molar-refractivity contribution in [3.05, 3.63) is 34.1 Å². The number of benzene rings is 1. The van der Waals surface area contributed by atoms with E-state index in [2.05, 4.69) is 0 Å². The smallest absolute Gasteiger partial charge is 0.410 e. The van der Waals surface area contributed by atoms with Crippen LogP contribution in [0.4, 0.5) is 14.9 Å². The first-order valence-corrected chi connectivity index (χ1v) is 8.20. The number of hydrogen-bond acceptors (Lipinski definition) is 5. The van der Waals surface area contributed by atoms with Crippen LogP contribution in [0.1, 0.15) is 20.8 Å². The van der Waals surface area contributed by atoms with Gasteiger partial charge < -0.3 is 14.4 Å². The van der Waals surface area contributed by atoms with Crippen molar-refractivity contribution in [2.24, 2.45) is 17.8 Å². The second kappa shape index (κ2) is 6.16. The highest BCUT2D eigenvalue weighted by Crippen LogP contribution is 2.52. The fourth-order valence-electron chi connectivity index (χ4n) is 3.31. The minimum atomic E-state index is -0.671. The Hall–Kier alpha value is -2.38. The van der Waals surface area contributed by atoms with Crippen LogP contribution in [0.25, 0.3) is 0 Å². The first-order chi connectivity index (χ1) is 11.7. The van der Waals surface area contributed by atoms with E-state index in [1.54, 1.807) is 4.90 Å². The molecule has 1 amide bonds. The number of piperidine rings is 1. The monoisotopic (exact) mass is 352 g/mol. The molecule has 1 aliphatic carbocycles. The molecule has 3 rings (SSSR count). The summed E-state index contributed by atoms with van der Waals surface area (Å²) in [6, 6.07) is 3.27. The molecule has 1 heterocycles. The first-order valence-electron chi connectivity index (χ1n) is 8.20. The van der Waals surface area contributed by atoms with E-state index in [1.165, 1.54) is 6.07 Å². The first kappa shape index (κ1) is 17.4. The lowest BCUT2D eigenvalue weighted by atomic mass is 10.2. The van der Waals surface area contributed by atoms with Crippen molar-refractivity contribution in [3.8, 4) is 5.75 Å². The molecule has 3 atom stereocenters. The number of nitro benzene ring substituents is 1. The topological polar surface area (TPSA) is 81.9 Å². The van der Waals surface area contributed by atoms with E-state index in [0.29, 0.717) is 31.5 Å². The van der Waals surface area contributed by atoms with E-state index in [4.69, 9.17) is 9.47 Å². The van der Waals surface area contributed by atoms with Crippen molar-refractivity contribution in [2.75, 3.05) is 19.7 Å². The van der Waals surface area contributed by atoms with E-state index >= 15 is 0 Å². The molecular formula is C17H21FN2O5. The van der Waals surface area contributed by atoms with Gasteiger partial charge in [-0.2, -0.15) is 0 Å². The van der Waals surface area contributed by atoms with E-state index in [-0.39, 0.29) is 23.4 Å². The number of nitro groups is 1. The summed E-state index contributed by atoms with van der Waals surface area (Å²) in [6.07, 6.45) is -0.312. The van der Waals surface area contributed by atoms with E-state index in [0.717, 1.165) is 12.1 Å². The highest BCUT2D eigenvalue weighted by molar-refractivity contribution is 5.69. The molecule has 0 radical (unpaired) electrons. The third kappa shape index (κ3) is 3.83. The summed E-state index contributed by atoms with van der Waals surface area (Å²) in [5, 5.41) is 11.0. The van der Waals surface area contributed by atoms with Crippen LogP contribution in [-0.2, 0) is 4.74 Å². The lowest BCUT2D eigenvalue weighted by Crippen LogP contribution is -2.37. The van der Waals surface area contributed by atoms with Gasteiger partial charge in [0.2, 0.25) is 0 Å². The second-order valence-corrected chi connectivity index (χ2v) is 7.56. The number of rotatable bonds is 4. The standard InChI is InChI=1S/C17H21FN2O5/c1-17(2,3)25-16(21)19-7-11-12(8-19)13(11)9-24-15-5-4-10(18)6-14(15)20(22)23/h4-6,11-13H,7-9H2,1-3H3/t11-,12?,13?/m0/s1. The zero-order valence-electron chi connectivity index (χ0n) is 14.4. The Morgan fingerprint density at radius 1 is 1.36 bits per heavy atom. The Morgan fingerprint density at radius 2 is 2.00 bits per heavy atom. The minimum absolute atomic E-state index is 0.0698. The van der Waals surface area contributed by atoms with Crippen molar-refractivity contribution in [2.45, 2.75) is 26.4 Å². The molecular weight excluding hydrogens is 331 g/mol. The molecule has 136 valence electrons. The van der Waals surface area contributed by atoms with Gasteiger partial charge in [0.15, 0.2) is 5.75 Å². The van der Waals surface area contributed by atoms with Crippen LogP contribution in [-0.4, -0.2) is 41.2 Å². The van der Waals surface area contributed by atoms with Gasteiger partial charge in [-0.15, -0.1) is 0 Å². The molecule has 2 fully saturated rings. The third-order valence-electron chi connectivity index (χ3n) is 4.57. The van der Waals surface area contributed by atoms with Gasteiger partial charge >= 0.3 is 11.8 Å². The molecule has 0 spiro atoms. The molecule has 2 aliphatic rings. The Labute approximate surface area is 144 Å². The molecule has 1 aromatic rings. The Bertz CT molecular complexity index is 691. The van der Waals surface area contributed by atoms with Crippen LogP contribution in [0.2, 0.25) is 0 Å². The molecule has 7 nitrogen and oxygen atoms in total. The summed E-state index contributed by atoms with van der Waals surface area (Å²) < 4.78 is 24.0. The lowest BCUT2D eigenvalue weighted by Gasteiger charge is -2.25. The van der Waals surface area contributed by atoms with Gasteiger partial charge in [-0.25, -0.2) is 9.18 Å². The molecule has 0 N–H and O–H groups in total. The van der Waals surface area contributed by atoms with Crippen molar-refractivity contribution < 1.29 is 23.6 Å². The molecule has 25 heavy (non-hydrogen) atoms. The minimum Gasteiger partial charge on any atom is -0.486 e. The summed E-state index contributed by atoms with van der Waals surface area (Å²) >= 11 is 0. The zero-order chi connectivity index (χ0) is 18.4. The average Bonchev–Trinajstić information content (AvgIpc) is 2.94. The van der Waals surface area contributed by atoms with Gasteiger partial charge in [-0.1, -0.05) is 0 Å². The Morgan fingerprint density at radius 3 is 2.56 bits per heavy atom. The largest absolute Gasteiger partial charge is 0.486 e. The maximum absolute atomic E-state index is 13.1. The summed E-state index contributed by atoms with van der Waals surface area (Å²) in [5.41, 5.74) is -0.894. The molecule has 0 bridgehead atoms. The number of ether oxygens (including phenoxy) is 2. The highest BCUT2D eigenvalue weighted by Gasteiger charge is 2.57. The quantitative estimate of drug-likeness (QED) is 0.614. The normalized spacial score (nSPS) is 24.6. The van der Waals surface area contributed by atoms with Crippen LogP contribution in [0.5, 0.6) is 5.75 Å². The zero-order valence-corrected chi connectivity index (χ0v) is 14.4. The number of likely N-dealkylation sites (tertiary alicyclic amines) is 1. The fourth-order valence-corrected chi connectivity index (χ4v) is 3.31. The van der Waals surface area contributed by atoms with E-state index < -0.39 is 16.3 Å². The predicted molar refractivity (Wildman–Crippen MR) is 86.8 cm³/mol. The number of carbonyl (C=O) groups is 1. The van der Waals surface area contributed by atoms with Crippen LogP contribution in [0.3, 0.4) is 0 Å². The van der Waals surface area contributed by atoms with Crippen molar-refractivity contribution in [3.63, 3.8) is 0 Å². The summed E-state index contributed by atoms with van der Waals surface area (Å²) in [5.74, 6) is 0.304. The van der Waals surface area contributed by atoms with Gasteiger partial charge in [-0.3, -0.25) is 10.1 Å². The molecule has 1 saturated carbocycles. The van der Waals surface area contributed by atoms with Crippen molar-refractivity contribution >= 4 is 11.8 Å². The molecule has 2 unspecified atom stereocenters. The number of carbonyl (C=O) groups excluding carboxylic acids is 1. The predicted octanol–water partition coefficient (Wildman–Crippen LogP) is 3.23. The molecule has 1 saturated heterocycles. The molecule has 1 aliphatic heterocycles. The maximum atomic E-state index is 13.1. The second-order valence-electron chi connectivity index (χ2n) is 7.56.